The van der Waals surface area contributed by atoms with E-state index in [4.69, 9.17) is 10.5 Å². The Morgan fingerprint density at radius 1 is 0.938 bits per heavy atom. The second-order valence-corrected chi connectivity index (χ2v) is 7.73. The normalized spacial score (nSPS) is 15.0. The van der Waals surface area contributed by atoms with E-state index in [9.17, 15) is 24.0 Å². The molecule has 9 heteroatoms. The Labute approximate surface area is 183 Å². The predicted octanol–water partition coefficient (Wildman–Crippen LogP) is 1.97. The highest BCUT2D eigenvalue weighted by Crippen LogP contribution is 2.32. The highest BCUT2D eigenvalue weighted by Gasteiger charge is 2.33. The number of esters is 1. The molecule has 0 bridgehead atoms. The first-order valence-corrected chi connectivity index (χ1v) is 10.2. The first-order valence-electron chi connectivity index (χ1n) is 10.2. The summed E-state index contributed by atoms with van der Waals surface area (Å²) in [7, 11) is 0. The van der Waals surface area contributed by atoms with E-state index in [1.807, 2.05) is 0 Å². The van der Waals surface area contributed by atoms with E-state index >= 15 is 0 Å². The molecule has 0 aliphatic heterocycles. The van der Waals surface area contributed by atoms with Crippen LogP contribution in [0, 0.1) is 0 Å². The molecule has 1 fully saturated rings. The molecule has 0 spiro atoms. The molecule has 3 amide bonds. The summed E-state index contributed by atoms with van der Waals surface area (Å²) in [5.41, 5.74) is 6.22. The number of urea groups is 1. The molecule has 4 rings (SSSR count). The number of nitrogens with two attached hydrogens (primary N) is 1. The molecule has 0 aromatic heterocycles. The number of carbonyl (C=O) groups is 5. The van der Waals surface area contributed by atoms with Crippen molar-refractivity contribution in [3.8, 4) is 0 Å². The second-order valence-electron chi connectivity index (χ2n) is 7.73. The van der Waals surface area contributed by atoms with Crippen molar-refractivity contribution < 1.29 is 28.7 Å². The van der Waals surface area contributed by atoms with Gasteiger partial charge in [0.2, 0.25) is 0 Å². The van der Waals surface area contributed by atoms with Crippen LogP contribution in [0.1, 0.15) is 67.9 Å². The second kappa shape index (κ2) is 8.62. The lowest BCUT2D eigenvalue weighted by molar-refractivity contribution is -0.123. The lowest BCUT2D eigenvalue weighted by Crippen LogP contribution is -2.45. The molecule has 2 aliphatic rings. The van der Waals surface area contributed by atoms with Gasteiger partial charge in [0.05, 0.1) is 16.8 Å². The Kier molecular flexibility index (Phi) is 5.72. The summed E-state index contributed by atoms with van der Waals surface area (Å²) in [6.07, 6.45) is 3.77. The summed E-state index contributed by atoms with van der Waals surface area (Å²) in [6.45, 7) is -0.705. The van der Waals surface area contributed by atoms with E-state index in [1.165, 1.54) is 18.2 Å². The Morgan fingerprint density at radius 3 is 2.28 bits per heavy atom. The number of fused-ring (bicyclic) bond motifs is 2. The molecular formula is C23H21N3O6. The Balaban J connectivity index is 1.43. The van der Waals surface area contributed by atoms with Crippen molar-refractivity contribution in [3.05, 3.63) is 64.2 Å². The van der Waals surface area contributed by atoms with Crippen molar-refractivity contribution in [3.63, 3.8) is 0 Å². The molecule has 0 atom stereocenters. The highest BCUT2D eigenvalue weighted by molar-refractivity contribution is 6.30. The van der Waals surface area contributed by atoms with Crippen LogP contribution in [0.2, 0.25) is 0 Å². The van der Waals surface area contributed by atoms with Gasteiger partial charge in [-0.25, -0.2) is 9.59 Å². The lowest BCUT2D eigenvalue weighted by Gasteiger charge is -2.20. The lowest BCUT2D eigenvalue weighted by atomic mass is 9.82. The van der Waals surface area contributed by atoms with E-state index < -0.39 is 30.3 Å². The number of benzene rings is 2. The van der Waals surface area contributed by atoms with Crippen molar-refractivity contribution >= 4 is 35.2 Å². The van der Waals surface area contributed by atoms with E-state index in [1.54, 1.807) is 18.2 Å². The minimum atomic E-state index is -0.948. The number of ketones is 2. The van der Waals surface area contributed by atoms with Gasteiger partial charge in [-0.3, -0.25) is 19.7 Å². The number of imide groups is 1. The van der Waals surface area contributed by atoms with Crippen LogP contribution in [0.25, 0.3) is 0 Å². The zero-order chi connectivity index (χ0) is 22.8. The summed E-state index contributed by atoms with van der Waals surface area (Å²) in [5.74, 6) is -2.58. The largest absolute Gasteiger partial charge is 0.452 e. The first kappa shape index (κ1) is 21.2. The third kappa shape index (κ3) is 3.96. The fourth-order valence-electron chi connectivity index (χ4n) is 4.05. The number of nitrogens with one attached hydrogen (secondary N) is 2. The smallest absolute Gasteiger partial charge is 0.340 e. The standard InChI is InChI=1S/C23H21N3O6/c24-19-16(22(30)32-11-17(27)26-23(31)25-12-5-1-2-6-12)10-9-15-18(19)21(29)14-8-4-3-7-13(14)20(15)28/h3-4,7-10,12H,1-2,5-6,11,24H2,(H2,25,26,27,31). The van der Waals surface area contributed by atoms with Crippen molar-refractivity contribution in [2.75, 3.05) is 12.3 Å². The van der Waals surface area contributed by atoms with E-state index in [-0.39, 0.29) is 45.3 Å². The number of nitrogen functional groups attached to an aromatic ring is 1. The summed E-state index contributed by atoms with van der Waals surface area (Å²) in [4.78, 5) is 61.8. The Hall–Kier alpha value is -4.01. The van der Waals surface area contributed by atoms with Gasteiger partial charge in [-0.2, -0.15) is 0 Å². The average Bonchev–Trinajstić information content (AvgIpc) is 3.28. The van der Waals surface area contributed by atoms with Gasteiger partial charge in [0.25, 0.3) is 5.91 Å². The van der Waals surface area contributed by atoms with Gasteiger partial charge in [0, 0.05) is 22.7 Å². The fraction of sp³-hybridized carbons (Fsp3) is 0.261. The molecule has 2 aromatic carbocycles. The van der Waals surface area contributed by atoms with Gasteiger partial charge in [-0.1, -0.05) is 37.1 Å². The van der Waals surface area contributed by atoms with E-state index in [0.29, 0.717) is 0 Å². The number of hydrogen-bond acceptors (Lipinski definition) is 7. The summed E-state index contributed by atoms with van der Waals surface area (Å²) in [6, 6.07) is 8.37. The molecule has 4 N–H and O–H groups in total. The van der Waals surface area contributed by atoms with E-state index in [0.717, 1.165) is 25.7 Å². The first-order chi connectivity index (χ1) is 15.4. The van der Waals surface area contributed by atoms with Gasteiger partial charge in [0.15, 0.2) is 18.2 Å². The SMILES string of the molecule is Nc1c(C(=O)OCC(=O)NC(=O)NC2CCCC2)ccc2c1C(=O)c1ccccc1C2=O. The van der Waals surface area contributed by atoms with Crippen molar-refractivity contribution in [2.24, 2.45) is 0 Å². The molecule has 0 heterocycles. The Bertz CT molecular complexity index is 1150. The maximum Gasteiger partial charge on any atom is 0.340 e. The zero-order valence-corrected chi connectivity index (χ0v) is 17.1. The number of rotatable bonds is 4. The molecule has 2 aromatic rings. The van der Waals surface area contributed by atoms with Crippen LogP contribution >= 0.6 is 0 Å². The molecule has 164 valence electrons. The number of carbonyl (C=O) groups excluding carboxylic acids is 5. The van der Waals surface area contributed by atoms with Crippen LogP contribution < -0.4 is 16.4 Å². The van der Waals surface area contributed by atoms with Gasteiger partial charge in [-0.15, -0.1) is 0 Å². The Morgan fingerprint density at radius 2 is 1.59 bits per heavy atom. The van der Waals surface area contributed by atoms with Gasteiger partial charge < -0.3 is 15.8 Å². The summed E-state index contributed by atoms with van der Waals surface area (Å²) in [5, 5.41) is 4.79. The topological polar surface area (TPSA) is 145 Å². The molecule has 2 aliphatic carbocycles. The van der Waals surface area contributed by atoms with Gasteiger partial charge in [0.1, 0.15) is 0 Å². The maximum atomic E-state index is 12.9. The average molecular weight is 435 g/mol. The third-order valence-corrected chi connectivity index (χ3v) is 5.63. The molecule has 9 nitrogen and oxygen atoms in total. The number of ether oxygens (including phenoxy) is 1. The molecule has 32 heavy (non-hydrogen) atoms. The van der Waals surface area contributed by atoms with Crippen molar-refractivity contribution in [1.82, 2.24) is 10.6 Å². The molecule has 0 unspecified atom stereocenters. The van der Waals surface area contributed by atoms with E-state index in [2.05, 4.69) is 10.6 Å². The van der Waals surface area contributed by atoms with Gasteiger partial charge in [-0.05, 0) is 25.0 Å². The summed E-state index contributed by atoms with van der Waals surface area (Å²) >= 11 is 0. The quantitative estimate of drug-likeness (QED) is 0.420. The zero-order valence-electron chi connectivity index (χ0n) is 17.1. The predicted molar refractivity (Wildman–Crippen MR) is 113 cm³/mol. The minimum absolute atomic E-state index is 0.0334. The maximum absolute atomic E-state index is 12.9. The minimum Gasteiger partial charge on any atom is -0.452 e. The van der Waals surface area contributed by atoms with Crippen LogP contribution in [-0.4, -0.2) is 42.1 Å². The van der Waals surface area contributed by atoms with Crippen LogP contribution in [-0.2, 0) is 9.53 Å². The van der Waals surface area contributed by atoms with Crippen LogP contribution in [0.5, 0.6) is 0 Å². The molecular weight excluding hydrogens is 414 g/mol. The van der Waals surface area contributed by atoms with Crippen LogP contribution in [0.15, 0.2) is 36.4 Å². The van der Waals surface area contributed by atoms with Crippen molar-refractivity contribution in [1.29, 1.82) is 0 Å². The molecule has 0 saturated heterocycles. The number of amides is 3. The highest BCUT2D eigenvalue weighted by atomic mass is 16.5. The van der Waals surface area contributed by atoms with Crippen LogP contribution in [0.4, 0.5) is 10.5 Å². The van der Waals surface area contributed by atoms with Crippen molar-refractivity contribution in [2.45, 2.75) is 31.7 Å². The van der Waals surface area contributed by atoms with Gasteiger partial charge >= 0.3 is 12.0 Å². The number of hydrogen-bond donors (Lipinski definition) is 3. The third-order valence-electron chi connectivity index (χ3n) is 5.63. The molecule has 1 saturated carbocycles. The summed E-state index contributed by atoms with van der Waals surface area (Å²) < 4.78 is 4.96. The number of anilines is 1. The molecule has 0 radical (unpaired) electrons. The fourth-order valence-corrected chi connectivity index (χ4v) is 4.05. The van der Waals surface area contributed by atoms with Crippen LogP contribution in [0.3, 0.4) is 0 Å². The monoisotopic (exact) mass is 435 g/mol.